The van der Waals surface area contributed by atoms with Crippen molar-refractivity contribution in [2.45, 2.75) is 32.7 Å². The van der Waals surface area contributed by atoms with Gasteiger partial charge in [-0.15, -0.1) is 0 Å². The zero-order valence-electron chi connectivity index (χ0n) is 9.74. The minimum atomic E-state index is 0.308. The van der Waals surface area contributed by atoms with Crippen LogP contribution in [-0.4, -0.2) is 42.2 Å². The molecule has 1 atom stereocenters. The Morgan fingerprint density at radius 2 is 2.33 bits per heavy atom. The number of thiocarbonyl (C=S) groups is 1. The molecule has 1 fully saturated rings. The molecule has 1 saturated heterocycles. The van der Waals surface area contributed by atoms with Gasteiger partial charge in [0, 0.05) is 13.2 Å². The standard InChI is InChI=1S/C11H22N2OS/c1-9(2)8-14-7-6-13-5-3-4-10(13)11(12)15/h9-10H,3-8H2,1-2H3,(H2,12,15). The van der Waals surface area contributed by atoms with Gasteiger partial charge >= 0.3 is 0 Å². The molecule has 0 saturated carbocycles. The molecule has 0 aromatic heterocycles. The van der Waals surface area contributed by atoms with Crippen molar-refractivity contribution in [3.05, 3.63) is 0 Å². The Morgan fingerprint density at radius 1 is 1.60 bits per heavy atom. The van der Waals surface area contributed by atoms with E-state index in [1.54, 1.807) is 0 Å². The van der Waals surface area contributed by atoms with Crippen LogP contribution in [0.5, 0.6) is 0 Å². The van der Waals surface area contributed by atoms with E-state index in [0.29, 0.717) is 16.9 Å². The maximum Gasteiger partial charge on any atom is 0.0902 e. The SMILES string of the molecule is CC(C)COCCN1CCCC1C(N)=S. The highest BCUT2D eigenvalue weighted by atomic mass is 32.1. The van der Waals surface area contributed by atoms with E-state index in [1.165, 1.54) is 6.42 Å². The van der Waals surface area contributed by atoms with Gasteiger partial charge in [0.25, 0.3) is 0 Å². The number of nitrogens with zero attached hydrogens (tertiary/aromatic N) is 1. The fourth-order valence-electron chi connectivity index (χ4n) is 1.92. The van der Waals surface area contributed by atoms with Crippen molar-refractivity contribution in [1.82, 2.24) is 4.90 Å². The van der Waals surface area contributed by atoms with Crippen LogP contribution in [0.25, 0.3) is 0 Å². The molecular weight excluding hydrogens is 208 g/mol. The van der Waals surface area contributed by atoms with Crippen molar-refractivity contribution in [2.24, 2.45) is 11.7 Å². The molecule has 88 valence electrons. The molecule has 1 aliphatic rings. The summed E-state index contributed by atoms with van der Waals surface area (Å²) in [6.07, 6.45) is 2.31. The van der Waals surface area contributed by atoms with Crippen LogP contribution in [0.1, 0.15) is 26.7 Å². The van der Waals surface area contributed by atoms with Gasteiger partial charge in [0.1, 0.15) is 0 Å². The van der Waals surface area contributed by atoms with Gasteiger partial charge in [-0.3, -0.25) is 4.90 Å². The van der Waals surface area contributed by atoms with Crippen molar-refractivity contribution in [3.63, 3.8) is 0 Å². The Hall–Kier alpha value is -0.190. The van der Waals surface area contributed by atoms with Crippen LogP contribution in [-0.2, 0) is 4.74 Å². The first kappa shape index (κ1) is 12.9. The number of nitrogens with two attached hydrogens (primary N) is 1. The van der Waals surface area contributed by atoms with Crippen molar-refractivity contribution < 1.29 is 4.74 Å². The Morgan fingerprint density at radius 3 is 2.93 bits per heavy atom. The van der Waals surface area contributed by atoms with E-state index in [4.69, 9.17) is 22.7 Å². The summed E-state index contributed by atoms with van der Waals surface area (Å²) in [5.74, 6) is 0.606. The van der Waals surface area contributed by atoms with Crippen LogP contribution in [0.3, 0.4) is 0 Å². The van der Waals surface area contributed by atoms with Crippen LogP contribution in [0.15, 0.2) is 0 Å². The summed E-state index contributed by atoms with van der Waals surface area (Å²) in [6, 6.07) is 0.308. The quantitative estimate of drug-likeness (QED) is 0.553. The van der Waals surface area contributed by atoms with E-state index in [9.17, 15) is 0 Å². The Kier molecular flexibility index (Phi) is 5.50. The third-order valence-electron chi connectivity index (χ3n) is 2.67. The summed E-state index contributed by atoms with van der Waals surface area (Å²) >= 11 is 5.05. The fraction of sp³-hybridized carbons (Fsp3) is 0.909. The maximum atomic E-state index is 5.69. The Labute approximate surface area is 98.0 Å². The predicted octanol–water partition coefficient (Wildman–Crippen LogP) is 1.41. The molecule has 0 amide bonds. The summed E-state index contributed by atoms with van der Waals surface area (Å²) in [5.41, 5.74) is 5.69. The van der Waals surface area contributed by atoms with Gasteiger partial charge in [0.15, 0.2) is 0 Å². The lowest BCUT2D eigenvalue weighted by Crippen LogP contribution is -2.40. The molecule has 0 aromatic carbocycles. The van der Waals surface area contributed by atoms with E-state index in [2.05, 4.69) is 18.7 Å². The summed E-state index contributed by atoms with van der Waals surface area (Å²) in [4.78, 5) is 2.97. The molecule has 1 unspecified atom stereocenters. The lowest BCUT2D eigenvalue weighted by molar-refractivity contribution is 0.0877. The van der Waals surface area contributed by atoms with Crippen molar-refractivity contribution >= 4 is 17.2 Å². The number of ether oxygens (including phenoxy) is 1. The molecule has 0 bridgehead atoms. The van der Waals surface area contributed by atoms with E-state index in [1.807, 2.05) is 0 Å². The first-order valence-corrected chi connectivity index (χ1v) is 6.13. The van der Waals surface area contributed by atoms with Gasteiger partial charge in [-0.2, -0.15) is 0 Å². The van der Waals surface area contributed by atoms with Gasteiger partial charge in [-0.25, -0.2) is 0 Å². The van der Waals surface area contributed by atoms with Crippen LogP contribution in [0.4, 0.5) is 0 Å². The first-order valence-electron chi connectivity index (χ1n) is 5.72. The third kappa shape index (κ3) is 4.45. The number of rotatable bonds is 6. The Bertz CT molecular complexity index is 209. The average Bonchev–Trinajstić information content (AvgIpc) is 2.60. The van der Waals surface area contributed by atoms with Crippen LogP contribution in [0, 0.1) is 5.92 Å². The normalized spacial score (nSPS) is 22.5. The highest BCUT2D eigenvalue weighted by Gasteiger charge is 2.25. The van der Waals surface area contributed by atoms with Crippen LogP contribution < -0.4 is 5.73 Å². The van der Waals surface area contributed by atoms with Gasteiger partial charge in [0.2, 0.25) is 0 Å². The van der Waals surface area contributed by atoms with Gasteiger partial charge in [-0.1, -0.05) is 26.1 Å². The molecule has 0 spiro atoms. The third-order valence-corrected chi connectivity index (χ3v) is 2.94. The smallest absolute Gasteiger partial charge is 0.0902 e. The molecule has 3 nitrogen and oxygen atoms in total. The molecule has 1 heterocycles. The second-order valence-electron chi connectivity index (χ2n) is 4.57. The van der Waals surface area contributed by atoms with Crippen LogP contribution >= 0.6 is 12.2 Å². The number of likely N-dealkylation sites (tertiary alicyclic amines) is 1. The highest BCUT2D eigenvalue weighted by molar-refractivity contribution is 7.80. The predicted molar refractivity (Wildman–Crippen MR) is 67.0 cm³/mol. The minimum Gasteiger partial charge on any atom is -0.392 e. The number of hydrogen-bond acceptors (Lipinski definition) is 3. The highest BCUT2D eigenvalue weighted by Crippen LogP contribution is 2.16. The van der Waals surface area contributed by atoms with Crippen LogP contribution in [0.2, 0.25) is 0 Å². The second kappa shape index (κ2) is 6.40. The zero-order valence-corrected chi connectivity index (χ0v) is 10.6. The van der Waals surface area contributed by atoms with Gasteiger partial charge in [0.05, 0.1) is 17.6 Å². The monoisotopic (exact) mass is 230 g/mol. The minimum absolute atomic E-state index is 0.308. The molecule has 0 aromatic rings. The summed E-state index contributed by atoms with van der Waals surface area (Å²) in [6.45, 7) is 8.01. The fourth-order valence-corrected chi connectivity index (χ4v) is 2.18. The topological polar surface area (TPSA) is 38.5 Å². The molecule has 15 heavy (non-hydrogen) atoms. The van der Waals surface area contributed by atoms with E-state index in [0.717, 1.165) is 32.7 Å². The first-order chi connectivity index (χ1) is 7.11. The lowest BCUT2D eigenvalue weighted by Gasteiger charge is -2.23. The van der Waals surface area contributed by atoms with Gasteiger partial charge in [-0.05, 0) is 25.3 Å². The van der Waals surface area contributed by atoms with Crippen molar-refractivity contribution in [1.29, 1.82) is 0 Å². The maximum absolute atomic E-state index is 5.69. The van der Waals surface area contributed by atoms with E-state index in [-0.39, 0.29) is 0 Å². The summed E-state index contributed by atoms with van der Waals surface area (Å²) in [7, 11) is 0. The number of hydrogen-bond donors (Lipinski definition) is 1. The summed E-state index contributed by atoms with van der Waals surface area (Å²) in [5, 5.41) is 0. The summed E-state index contributed by atoms with van der Waals surface area (Å²) < 4.78 is 5.56. The van der Waals surface area contributed by atoms with Crippen molar-refractivity contribution in [2.75, 3.05) is 26.3 Å². The van der Waals surface area contributed by atoms with E-state index < -0.39 is 0 Å². The second-order valence-corrected chi connectivity index (χ2v) is 5.04. The zero-order chi connectivity index (χ0) is 11.3. The molecule has 1 rings (SSSR count). The molecule has 2 N–H and O–H groups in total. The lowest BCUT2D eigenvalue weighted by atomic mass is 10.2. The molecule has 1 aliphatic heterocycles. The molecule has 0 aliphatic carbocycles. The van der Waals surface area contributed by atoms with Crippen molar-refractivity contribution in [3.8, 4) is 0 Å². The molecular formula is C11H22N2OS. The van der Waals surface area contributed by atoms with E-state index >= 15 is 0 Å². The molecule has 0 radical (unpaired) electrons. The largest absolute Gasteiger partial charge is 0.392 e. The Balaban J connectivity index is 2.17. The molecule has 4 heteroatoms. The van der Waals surface area contributed by atoms with Gasteiger partial charge < -0.3 is 10.5 Å². The average molecular weight is 230 g/mol.